The second kappa shape index (κ2) is 6.35. The summed E-state index contributed by atoms with van der Waals surface area (Å²) in [5, 5.41) is -0.721. The van der Waals surface area contributed by atoms with Crippen molar-refractivity contribution < 1.29 is 12.8 Å². The van der Waals surface area contributed by atoms with Crippen molar-refractivity contribution in [1.29, 1.82) is 0 Å². The fraction of sp³-hybridized carbons (Fsp3) is 0.643. The Balaban J connectivity index is 3.14. The summed E-state index contributed by atoms with van der Waals surface area (Å²) < 4.78 is 41.8. The summed E-state index contributed by atoms with van der Waals surface area (Å²) >= 11 is 0. The van der Waals surface area contributed by atoms with Crippen LogP contribution in [0.5, 0.6) is 0 Å². The molecule has 0 aromatic carbocycles. The number of halogens is 1. The Morgan fingerprint density at radius 1 is 1.32 bits per heavy atom. The highest BCUT2D eigenvalue weighted by Gasteiger charge is 2.40. The molecule has 0 aliphatic carbocycles. The molecule has 126 valence electrons. The summed E-state index contributed by atoms with van der Waals surface area (Å²) in [4.78, 5) is 5.70. The maximum absolute atomic E-state index is 14.2. The van der Waals surface area contributed by atoms with Gasteiger partial charge in [0.1, 0.15) is 8.24 Å². The lowest BCUT2D eigenvalue weighted by molar-refractivity contribution is 0.399. The number of nitrogens with zero attached hydrogens (tertiary/aromatic N) is 2. The topological polar surface area (TPSA) is 62.3 Å². The molecule has 0 radical (unpaired) electrons. The highest BCUT2D eigenvalue weighted by molar-refractivity contribution is 7.90. The van der Waals surface area contributed by atoms with E-state index in [1.165, 1.54) is 12.3 Å². The van der Waals surface area contributed by atoms with Crippen LogP contribution in [-0.2, 0) is 16.6 Å². The quantitative estimate of drug-likeness (QED) is 0.832. The van der Waals surface area contributed by atoms with Gasteiger partial charge in [-0.1, -0.05) is 33.9 Å². The average molecular weight is 348 g/mol. The molecule has 0 fully saturated rings. The van der Waals surface area contributed by atoms with Crippen molar-refractivity contribution >= 4 is 18.3 Å². The first-order chi connectivity index (χ1) is 9.76. The van der Waals surface area contributed by atoms with E-state index in [1.807, 2.05) is 52.9 Å². The van der Waals surface area contributed by atoms with Gasteiger partial charge < -0.3 is 4.90 Å². The monoisotopic (exact) mass is 347 g/mol. The number of pyridine rings is 1. The Morgan fingerprint density at radius 2 is 1.86 bits per heavy atom. The van der Waals surface area contributed by atoms with Crippen LogP contribution in [0.1, 0.15) is 26.3 Å². The molecule has 22 heavy (non-hydrogen) atoms. The summed E-state index contributed by atoms with van der Waals surface area (Å²) in [5.74, 6) is -0.814. The molecule has 0 aliphatic heterocycles. The molecule has 1 N–H and O–H groups in total. The van der Waals surface area contributed by atoms with E-state index in [4.69, 9.17) is 0 Å². The summed E-state index contributed by atoms with van der Waals surface area (Å²) in [7, 11) is -2.61. The van der Waals surface area contributed by atoms with Crippen molar-refractivity contribution in [2.45, 2.75) is 50.5 Å². The van der Waals surface area contributed by atoms with Gasteiger partial charge in [-0.2, -0.15) is 0 Å². The lowest BCUT2D eigenvalue weighted by atomic mass is 10.2. The van der Waals surface area contributed by atoms with Gasteiger partial charge in [-0.3, -0.25) is 0 Å². The number of sulfonamides is 1. The number of aromatic nitrogens is 1. The van der Waals surface area contributed by atoms with Crippen molar-refractivity contribution in [3.63, 3.8) is 0 Å². The molecule has 0 saturated carbocycles. The van der Waals surface area contributed by atoms with E-state index in [9.17, 15) is 12.8 Å². The minimum Gasteiger partial charge on any atom is -0.305 e. The van der Waals surface area contributed by atoms with Crippen LogP contribution in [-0.4, -0.2) is 40.6 Å². The van der Waals surface area contributed by atoms with Gasteiger partial charge in [0.15, 0.2) is 5.82 Å². The third-order valence-corrected chi connectivity index (χ3v) is 11.6. The van der Waals surface area contributed by atoms with E-state index >= 15 is 0 Å². The normalized spacial score (nSPS) is 13.7. The lowest BCUT2D eigenvalue weighted by Crippen LogP contribution is -2.54. The molecule has 0 spiro atoms. The van der Waals surface area contributed by atoms with E-state index in [-0.39, 0.29) is 5.04 Å². The molecular weight excluding hydrogens is 321 g/mol. The summed E-state index contributed by atoms with van der Waals surface area (Å²) in [6, 6.07) is 1.23. The smallest absolute Gasteiger partial charge is 0.255 e. The minimum absolute atomic E-state index is 0.193. The summed E-state index contributed by atoms with van der Waals surface area (Å²) in [6.07, 6.45) is 1.41. The Bertz CT molecular complexity index is 640. The first kappa shape index (κ1) is 19.2. The van der Waals surface area contributed by atoms with Crippen molar-refractivity contribution in [2.75, 3.05) is 14.1 Å². The predicted octanol–water partition coefficient (Wildman–Crippen LogP) is 2.57. The van der Waals surface area contributed by atoms with E-state index in [1.54, 1.807) is 0 Å². The number of hydrogen-bond acceptors (Lipinski definition) is 4. The number of nitrogens with one attached hydrogen (secondary N) is 1. The van der Waals surface area contributed by atoms with Crippen LogP contribution in [0.15, 0.2) is 17.3 Å². The van der Waals surface area contributed by atoms with Crippen LogP contribution < -0.4 is 4.39 Å². The third-order valence-electron chi connectivity index (χ3n) is 3.88. The van der Waals surface area contributed by atoms with Crippen molar-refractivity contribution in [2.24, 2.45) is 0 Å². The number of hydrogen-bond donors (Lipinski definition) is 1. The van der Waals surface area contributed by atoms with Crippen LogP contribution in [0.3, 0.4) is 0 Å². The van der Waals surface area contributed by atoms with Gasteiger partial charge in [-0.25, -0.2) is 22.2 Å². The average Bonchev–Trinajstić information content (AvgIpc) is 2.24. The summed E-state index contributed by atoms with van der Waals surface area (Å²) in [5.41, 5.74) is 0.633. The fourth-order valence-corrected chi connectivity index (χ4v) is 6.46. The van der Waals surface area contributed by atoms with Crippen LogP contribution in [0.2, 0.25) is 18.1 Å². The molecule has 1 aromatic rings. The van der Waals surface area contributed by atoms with Crippen molar-refractivity contribution in [3.05, 3.63) is 23.6 Å². The Morgan fingerprint density at radius 3 is 2.27 bits per heavy atom. The molecule has 0 aliphatic rings. The van der Waals surface area contributed by atoms with Gasteiger partial charge in [-0.05, 0) is 30.8 Å². The van der Waals surface area contributed by atoms with E-state index in [0.29, 0.717) is 12.1 Å². The second-order valence-electron chi connectivity index (χ2n) is 7.35. The zero-order valence-electron chi connectivity index (χ0n) is 14.4. The molecule has 8 heteroatoms. The SMILES string of the molecule is CN(C)Cc1cnc(S(=O)(=O)N[Si](C)(C)C(C)(C)C)c(F)c1. The Labute approximate surface area is 134 Å². The number of rotatable bonds is 5. The molecular formula is C14H26FN3O2SSi. The van der Waals surface area contributed by atoms with Crippen molar-refractivity contribution in [1.82, 2.24) is 14.3 Å². The first-order valence-corrected chi connectivity index (χ1v) is 11.6. The largest absolute Gasteiger partial charge is 0.305 e. The molecule has 0 saturated heterocycles. The molecule has 0 amide bonds. The summed E-state index contributed by atoms with van der Waals surface area (Å²) in [6.45, 7) is 10.2. The highest BCUT2D eigenvalue weighted by atomic mass is 32.2. The fourth-order valence-electron chi connectivity index (χ4n) is 1.65. The van der Waals surface area contributed by atoms with Gasteiger partial charge in [0, 0.05) is 12.7 Å². The second-order valence-corrected chi connectivity index (χ2v) is 14.3. The van der Waals surface area contributed by atoms with Gasteiger partial charge in [0.05, 0.1) is 0 Å². The van der Waals surface area contributed by atoms with Crippen LogP contribution in [0.25, 0.3) is 0 Å². The zero-order valence-corrected chi connectivity index (χ0v) is 16.2. The lowest BCUT2D eigenvalue weighted by Gasteiger charge is -2.36. The maximum Gasteiger partial charge on any atom is 0.255 e. The molecule has 1 rings (SSSR count). The third kappa shape index (κ3) is 4.58. The van der Waals surface area contributed by atoms with Crippen LogP contribution in [0.4, 0.5) is 4.39 Å². The molecule has 0 bridgehead atoms. The van der Waals surface area contributed by atoms with Crippen molar-refractivity contribution in [3.8, 4) is 0 Å². The first-order valence-electron chi connectivity index (χ1n) is 7.09. The van der Waals surface area contributed by atoms with Crippen LogP contribution in [0, 0.1) is 5.82 Å². The maximum atomic E-state index is 14.2. The standard InChI is InChI=1S/C14H26FN3O2SSi/c1-14(2,3)22(6,7)17-21(19,20)13-12(15)8-11(9-16-13)10-18(4)5/h8-9,17H,10H2,1-7H3. The zero-order chi connectivity index (χ0) is 17.3. The van der Waals surface area contributed by atoms with Gasteiger partial charge in [0.2, 0.25) is 5.03 Å². The van der Waals surface area contributed by atoms with Crippen LogP contribution >= 0.6 is 0 Å². The molecule has 1 heterocycles. The highest BCUT2D eigenvalue weighted by Crippen LogP contribution is 2.34. The van der Waals surface area contributed by atoms with Gasteiger partial charge >= 0.3 is 0 Å². The molecule has 5 nitrogen and oxygen atoms in total. The van der Waals surface area contributed by atoms with E-state index in [2.05, 4.69) is 9.37 Å². The minimum atomic E-state index is -3.96. The Kier molecular flexibility index (Phi) is 5.54. The van der Waals surface area contributed by atoms with Gasteiger partial charge in [0.25, 0.3) is 10.0 Å². The molecule has 0 atom stereocenters. The van der Waals surface area contributed by atoms with Gasteiger partial charge in [-0.15, -0.1) is 0 Å². The van der Waals surface area contributed by atoms with E-state index in [0.717, 1.165) is 0 Å². The predicted molar refractivity (Wildman–Crippen MR) is 89.1 cm³/mol. The molecule has 1 aromatic heterocycles. The molecule has 0 unspecified atom stereocenters. The van der Waals surface area contributed by atoms with E-state index < -0.39 is 29.1 Å². The Hall–Kier alpha value is -0.833.